The molecule has 10 heavy (non-hydrogen) atoms. The first-order valence-corrected chi connectivity index (χ1v) is 3.74. The molecule has 0 bridgehead atoms. The van der Waals surface area contributed by atoms with Crippen LogP contribution in [-0.2, 0) is 0 Å². The molecule has 0 aromatic heterocycles. The predicted molar refractivity (Wildman–Crippen MR) is 45.0 cm³/mol. The zero-order valence-corrected chi connectivity index (χ0v) is 6.96. The monoisotopic (exact) mass is 137 g/mol. The van der Waals surface area contributed by atoms with E-state index in [9.17, 15) is 0 Å². The lowest BCUT2D eigenvalue weighted by molar-refractivity contribution is 0.348. The molecule has 1 aliphatic carbocycles. The Hall–Kier alpha value is -0.560. The van der Waals surface area contributed by atoms with E-state index < -0.39 is 0 Å². The van der Waals surface area contributed by atoms with Gasteiger partial charge in [0.25, 0.3) is 0 Å². The van der Waals surface area contributed by atoms with Gasteiger partial charge >= 0.3 is 0 Å². The topological polar surface area (TPSA) is 3.24 Å². The molecular formula is C9H15N. The maximum atomic E-state index is 2.23. The van der Waals surface area contributed by atoms with Gasteiger partial charge in [0.05, 0.1) is 0 Å². The molecule has 0 spiro atoms. The zero-order valence-electron chi connectivity index (χ0n) is 6.96. The second-order valence-electron chi connectivity index (χ2n) is 3.01. The van der Waals surface area contributed by atoms with E-state index in [4.69, 9.17) is 0 Å². The van der Waals surface area contributed by atoms with Crippen LogP contribution in [-0.4, -0.2) is 25.0 Å². The number of allylic oxidation sites excluding steroid dienone is 3. The summed E-state index contributed by atoms with van der Waals surface area (Å²) in [6.45, 7) is 2.23. The third kappa shape index (κ3) is 1.48. The highest BCUT2D eigenvalue weighted by Crippen LogP contribution is 2.16. The van der Waals surface area contributed by atoms with Gasteiger partial charge in [-0.3, -0.25) is 0 Å². The van der Waals surface area contributed by atoms with E-state index in [-0.39, 0.29) is 0 Å². The van der Waals surface area contributed by atoms with Gasteiger partial charge < -0.3 is 4.90 Å². The number of rotatable bonds is 2. The molecule has 1 atom stereocenters. The van der Waals surface area contributed by atoms with Crippen LogP contribution in [0.3, 0.4) is 0 Å². The van der Waals surface area contributed by atoms with E-state index >= 15 is 0 Å². The van der Waals surface area contributed by atoms with Gasteiger partial charge in [-0.15, -0.1) is 0 Å². The van der Waals surface area contributed by atoms with Gasteiger partial charge in [-0.25, -0.2) is 0 Å². The Morgan fingerprint density at radius 3 is 2.60 bits per heavy atom. The zero-order chi connectivity index (χ0) is 7.56. The van der Waals surface area contributed by atoms with Crippen molar-refractivity contribution in [2.24, 2.45) is 0 Å². The Labute approximate surface area is 63.0 Å². The summed E-state index contributed by atoms with van der Waals surface area (Å²) in [5, 5.41) is 0. The van der Waals surface area contributed by atoms with Crippen LogP contribution in [0.1, 0.15) is 13.3 Å². The molecule has 0 aliphatic heterocycles. The van der Waals surface area contributed by atoms with Gasteiger partial charge in [0.1, 0.15) is 0 Å². The van der Waals surface area contributed by atoms with Gasteiger partial charge in [-0.2, -0.15) is 0 Å². The van der Waals surface area contributed by atoms with E-state index in [1.165, 1.54) is 5.57 Å². The molecule has 0 unspecified atom stereocenters. The molecule has 1 nitrogen and oxygen atoms in total. The Morgan fingerprint density at radius 1 is 1.50 bits per heavy atom. The molecule has 0 saturated carbocycles. The second-order valence-corrected chi connectivity index (χ2v) is 3.01. The molecule has 0 radical (unpaired) electrons. The third-order valence-electron chi connectivity index (χ3n) is 2.11. The molecule has 0 N–H and O–H groups in total. The Morgan fingerprint density at radius 2 is 2.20 bits per heavy atom. The largest absolute Gasteiger partial charge is 0.303 e. The van der Waals surface area contributed by atoms with Crippen LogP contribution < -0.4 is 0 Å². The molecule has 0 aromatic carbocycles. The summed E-state index contributed by atoms with van der Waals surface area (Å²) in [6, 6.07) is 0.593. The summed E-state index contributed by atoms with van der Waals surface area (Å²) in [5.74, 6) is 0. The normalized spacial score (nSPS) is 19.8. The average Bonchev–Trinajstić information content (AvgIpc) is 2.36. The lowest BCUT2D eigenvalue weighted by Gasteiger charge is -2.20. The van der Waals surface area contributed by atoms with E-state index in [0.29, 0.717) is 6.04 Å². The minimum Gasteiger partial charge on any atom is -0.303 e. The fourth-order valence-corrected chi connectivity index (χ4v) is 1.11. The van der Waals surface area contributed by atoms with Gasteiger partial charge in [0, 0.05) is 6.04 Å². The van der Waals surface area contributed by atoms with Gasteiger partial charge in [-0.1, -0.05) is 18.2 Å². The molecule has 1 rings (SSSR count). The van der Waals surface area contributed by atoms with Crippen molar-refractivity contribution in [1.29, 1.82) is 0 Å². The summed E-state index contributed by atoms with van der Waals surface area (Å²) in [5.41, 5.74) is 1.52. The molecule has 56 valence electrons. The Bertz CT molecular complexity index is 166. The third-order valence-corrected chi connectivity index (χ3v) is 2.11. The quantitative estimate of drug-likeness (QED) is 0.561. The highest BCUT2D eigenvalue weighted by molar-refractivity contribution is 5.26. The van der Waals surface area contributed by atoms with Crippen LogP contribution >= 0.6 is 0 Å². The van der Waals surface area contributed by atoms with Crippen LogP contribution in [0.15, 0.2) is 23.8 Å². The molecule has 0 aromatic rings. The maximum Gasteiger partial charge on any atom is 0.0279 e. The number of hydrogen-bond acceptors (Lipinski definition) is 1. The van der Waals surface area contributed by atoms with Crippen molar-refractivity contribution in [3.8, 4) is 0 Å². The highest BCUT2D eigenvalue weighted by atomic mass is 15.1. The minimum atomic E-state index is 0.593. The van der Waals surface area contributed by atoms with Gasteiger partial charge in [0.2, 0.25) is 0 Å². The first-order chi connectivity index (χ1) is 4.72. The first-order valence-electron chi connectivity index (χ1n) is 3.74. The van der Waals surface area contributed by atoms with E-state index in [1.807, 2.05) is 0 Å². The van der Waals surface area contributed by atoms with Crippen molar-refractivity contribution in [3.63, 3.8) is 0 Å². The summed E-state index contributed by atoms with van der Waals surface area (Å²) in [6.07, 6.45) is 7.69. The first kappa shape index (κ1) is 7.55. The molecule has 1 heteroatoms. The smallest absolute Gasteiger partial charge is 0.0279 e. The highest BCUT2D eigenvalue weighted by Gasteiger charge is 2.10. The molecule has 0 amide bonds. The molecule has 0 heterocycles. The summed E-state index contributed by atoms with van der Waals surface area (Å²) >= 11 is 0. The van der Waals surface area contributed by atoms with E-state index in [0.717, 1.165) is 6.42 Å². The van der Waals surface area contributed by atoms with Crippen molar-refractivity contribution in [3.05, 3.63) is 23.8 Å². The van der Waals surface area contributed by atoms with Crippen molar-refractivity contribution < 1.29 is 0 Å². The lowest BCUT2D eigenvalue weighted by atomic mass is 10.1. The van der Waals surface area contributed by atoms with E-state index in [2.05, 4.69) is 44.1 Å². The number of nitrogens with zero attached hydrogens (tertiary/aromatic N) is 1. The molecule has 0 fully saturated rings. The molecule has 0 saturated heterocycles. The Balaban J connectivity index is 2.50. The SMILES string of the molecule is C[C@H](C1=CC=CC1)N(C)C. The Kier molecular flexibility index (Phi) is 2.28. The van der Waals surface area contributed by atoms with Crippen LogP contribution in [0, 0.1) is 0 Å². The molecular weight excluding hydrogens is 122 g/mol. The summed E-state index contributed by atoms with van der Waals surface area (Å²) in [7, 11) is 4.23. The van der Waals surface area contributed by atoms with Crippen molar-refractivity contribution in [2.45, 2.75) is 19.4 Å². The van der Waals surface area contributed by atoms with Gasteiger partial charge in [-0.05, 0) is 33.0 Å². The summed E-state index contributed by atoms with van der Waals surface area (Å²) in [4.78, 5) is 2.23. The van der Waals surface area contributed by atoms with Crippen LogP contribution in [0.5, 0.6) is 0 Å². The van der Waals surface area contributed by atoms with Crippen molar-refractivity contribution in [2.75, 3.05) is 14.1 Å². The minimum absolute atomic E-state index is 0.593. The lowest BCUT2D eigenvalue weighted by Crippen LogP contribution is -2.25. The maximum absolute atomic E-state index is 2.23. The molecule has 1 aliphatic rings. The van der Waals surface area contributed by atoms with Crippen LogP contribution in [0.25, 0.3) is 0 Å². The second kappa shape index (κ2) is 3.02. The van der Waals surface area contributed by atoms with E-state index in [1.54, 1.807) is 0 Å². The standard InChI is InChI=1S/C9H15N/c1-8(10(2)3)9-6-4-5-7-9/h4-6,8H,7H2,1-3H3/t8-/m1/s1. The predicted octanol–water partition coefficient (Wildman–Crippen LogP) is 1.82. The summed E-state index contributed by atoms with van der Waals surface area (Å²) < 4.78 is 0. The number of likely N-dealkylation sites (N-methyl/N-ethyl adjacent to an activating group) is 1. The van der Waals surface area contributed by atoms with Gasteiger partial charge in [0.15, 0.2) is 0 Å². The number of hydrogen-bond donors (Lipinski definition) is 0. The van der Waals surface area contributed by atoms with Crippen LogP contribution in [0.2, 0.25) is 0 Å². The van der Waals surface area contributed by atoms with Crippen molar-refractivity contribution >= 4 is 0 Å². The fraction of sp³-hybridized carbons (Fsp3) is 0.556. The average molecular weight is 137 g/mol. The van der Waals surface area contributed by atoms with Crippen LogP contribution in [0.4, 0.5) is 0 Å². The fourth-order valence-electron chi connectivity index (χ4n) is 1.11. The van der Waals surface area contributed by atoms with Crippen molar-refractivity contribution in [1.82, 2.24) is 4.90 Å².